The van der Waals surface area contributed by atoms with Gasteiger partial charge in [0.25, 0.3) is 0 Å². The van der Waals surface area contributed by atoms with Crippen LogP contribution in [0, 0.1) is 11.8 Å². The highest BCUT2D eigenvalue weighted by atomic mass is 14.9. The van der Waals surface area contributed by atoms with Crippen LogP contribution in [-0.2, 0) is 0 Å². The highest BCUT2D eigenvalue weighted by molar-refractivity contribution is 4.97. The van der Waals surface area contributed by atoms with Gasteiger partial charge in [-0.25, -0.2) is 0 Å². The predicted octanol–water partition coefficient (Wildman–Crippen LogP) is 2.55. The summed E-state index contributed by atoms with van der Waals surface area (Å²) in [4.78, 5) is 0. The Kier molecular flexibility index (Phi) is 8.73. The minimum absolute atomic E-state index is 0.592. The Hall–Kier alpha value is -0.340. The SMILES string of the molecule is C=C(CN)CNCC(C)CCCC(C)C. The highest BCUT2D eigenvalue weighted by Gasteiger charge is 2.02. The summed E-state index contributed by atoms with van der Waals surface area (Å²) in [5.41, 5.74) is 6.55. The van der Waals surface area contributed by atoms with Crippen LogP contribution in [0.1, 0.15) is 40.0 Å². The lowest BCUT2D eigenvalue weighted by Crippen LogP contribution is -2.25. The third-order valence-electron chi connectivity index (χ3n) is 2.63. The Morgan fingerprint density at radius 2 is 1.93 bits per heavy atom. The number of hydrogen-bond donors (Lipinski definition) is 2. The summed E-state index contributed by atoms with van der Waals surface area (Å²) in [7, 11) is 0. The first-order chi connectivity index (χ1) is 7.06. The van der Waals surface area contributed by atoms with Gasteiger partial charge < -0.3 is 11.1 Å². The Morgan fingerprint density at radius 1 is 1.27 bits per heavy atom. The fourth-order valence-corrected chi connectivity index (χ4v) is 1.54. The van der Waals surface area contributed by atoms with E-state index in [0.717, 1.165) is 30.5 Å². The molecule has 2 heteroatoms. The molecule has 0 amide bonds. The van der Waals surface area contributed by atoms with Crippen LogP contribution in [0.5, 0.6) is 0 Å². The molecule has 0 aromatic rings. The fourth-order valence-electron chi connectivity index (χ4n) is 1.54. The zero-order valence-electron chi connectivity index (χ0n) is 10.7. The molecule has 0 aliphatic carbocycles. The van der Waals surface area contributed by atoms with E-state index in [-0.39, 0.29) is 0 Å². The molecule has 0 fully saturated rings. The summed E-state index contributed by atoms with van der Waals surface area (Å²) in [6.45, 7) is 13.3. The highest BCUT2D eigenvalue weighted by Crippen LogP contribution is 2.11. The number of rotatable bonds is 9. The van der Waals surface area contributed by atoms with Crippen molar-refractivity contribution in [3.63, 3.8) is 0 Å². The van der Waals surface area contributed by atoms with Gasteiger partial charge in [-0.2, -0.15) is 0 Å². The Bertz CT molecular complexity index is 164. The Morgan fingerprint density at radius 3 is 2.47 bits per heavy atom. The Labute approximate surface area is 95.3 Å². The van der Waals surface area contributed by atoms with Crippen molar-refractivity contribution in [2.45, 2.75) is 40.0 Å². The van der Waals surface area contributed by atoms with E-state index in [1.54, 1.807) is 0 Å². The molecule has 1 atom stereocenters. The van der Waals surface area contributed by atoms with Crippen LogP contribution in [-0.4, -0.2) is 19.6 Å². The smallest absolute Gasteiger partial charge is 0.0174 e. The second kappa shape index (κ2) is 8.93. The van der Waals surface area contributed by atoms with E-state index in [1.807, 2.05) is 0 Å². The van der Waals surface area contributed by atoms with Gasteiger partial charge in [0.05, 0.1) is 0 Å². The molecule has 15 heavy (non-hydrogen) atoms. The number of nitrogens with two attached hydrogens (primary N) is 1. The normalized spacial score (nSPS) is 13.1. The van der Waals surface area contributed by atoms with E-state index in [9.17, 15) is 0 Å². The van der Waals surface area contributed by atoms with Crippen molar-refractivity contribution in [3.05, 3.63) is 12.2 Å². The van der Waals surface area contributed by atoms with Crippen LogP contribution < -0.4 is 11.1 Å². The van der Waals surface area contributed by atoms with Gasteiger partial charge in [-0.3, -0.25) is 0 Å². The summed E-state index contributed by atoms with van der Waals surface area (Å²) in [6, 6.07) is 0. The van der Waals surface area contributed by atoms with Crippen molar-refractivity contribution in [2.75, 3.05) is 19.6 Å². The average molecular weight is 212 g/mol. The summed E-state index contributed by atoms with van der Waals surface area (Å²) in [5, 5.41) is 3.39. The van der Waals surface area contributed by atoms with E-state index in [1.165, 1.54) is 19.3 Å². The lowest BCUT2D eigenvalue weighted by molar-refractivity contribution is 0.439. The molecule has 0 aromatic heterocycles. The first-order valence-corrected chi connectivity index (χ1v) is 6.13. The van der Waals surface area contributed by atoms with Gasteiger partial charge in [-0.15, -0.1) is 0 Å². The molecule has 0 aliphatic rings. The van der Waals surface area contributed by atoms with Crippen LogP contribution in [0.2, 0.25) is 0 Å². The Balaban J connectivity index is 3.33. The van der Waals surface area contributed by atoms with Crippen molar-refractivity contribution in [2.24, 2.45) is 17.6 Å². The minimum atomic E-state index is 0.592. The first-order valence-electron chi connectivity index (χ1n) is 6.13. The fraction of sp³-hybridized carbons (Fsp3) is 0.846. The molecular weight excluding hydrogens is 184 g/mol. The lowest BCUT2D eigenvalue weighted by atomic mass is 10.00. The molecule has 0 saturated carbocycles. The second-order valence-corrected chi connectivity index (χ2v) is 5.01. The zero-order valence-corrected chi connectivity index (χ0v) is 10.7. The monoisotopic (exact) mass is 212 g/mol. The topological polar surface area (TPSA) is 38.0 Å². The third-order valence-corrected chi connectivity index (χ3v) is 2.63. The quantitative estimate of drug-likeness (QED) is 0.576. The van der Waals surface area contributed by atoms with Gasteiger partial charge in [-0.05, 0) is 24.8 Å². The van der Waals surface area contributed by atoms with Gasteiger partial charge in [0, 0.05) is 13.1 Å². The predicted molar refractivity (Wildman–Crippen MR) is 68.9 cm³/mol. The van der Waals surface area contributed by atoms with Crippen LogP contribution in [0.3, 0.4) is 0 Å². The molecule has 3 N–H and O–H groups in total. The summed E-state index contributed by atoms with van der Waals surface area (Å²) in [6.07, 6.45) is 4.01. The summed E-state index contributed by atoms with van der Waals surface area (Å²) < 4.78 is 0. The van der Waals surface area contributed by atoms with E-state index < -0.39 is 0 Å². The van der Waals surface area contributed by atoms with Crippen molar-refractivity contribution >= 4 is 0 Å². The van der Waals surface area contributed by atoms with Crippen molar-refractivity contribution in [3.8, 4) is 0 Å². The molecule has 0 heterocycles. The maximum atomic E-state index is 5.46. The minimum Gasteiger partial charge on any atom is -0.327 e. The maximum Gasteiger partial charge on any atom is 0.0174 e. The van der Waals surface area contributed by atoms with Crippen molar-refractivity contribution in [1.29, 1.82) is 0 Å². The second-order valence-electron chi connectivity index (χ2n) is 5.01. The molecule has 0 rings (SSSR count). The van der Waals surface area contributed by atoms with E-state index in [0.29, 0.717) is 6.54 Å². The molecule has 0 aliphatic heterocycles. The van der Waals surface area contributed by atoms with Gasteiger partial charge >= 0.3 is 0 Å². The maximum absolute atomic E-state index is 5.46. The zero-order chi connectivity index (χ0) is 11.7. The molecule has 0 spiro atoms. The molecule has 2 nitrogen and oxygen atoms in total. The van der Waals surface area contributed by atoms with E-state index >= 15 is 0 Å². The average Bonchev–Trinajstić information content (AvgIpc) is 2.17. The largest absolute Gasteiger partial charge is 0.327 e. The summed E-state index contributed by atoms with van der Waals surface area (Å²) >= 11 is 0. The van der Waals surface area contributed by atoms with Crippen molar-refractivity contribution < 1.29 is 0 Å². The first kappa shape index (κ1) is 14.7. The standard InChI is InChI=1S/C13H28N2/c1-11(2)6-5-7-12(3)9-15-10-13(4)8-14/h11-12,15H,4-10,14H2,1-3H3. The number of nitrogens with one attached hydrogen (secondary N) is 1. The van der Waals surface area contributed by atoms with Crippen molar-refractivity contribution in [1.82, 2.24) is 5.32 Å². The molecule has 0 bridgehead atoms. The van der Waals surface area contributed by atoms with Crippen LogP contribution in [0.15, 0.2) is 12.2 Å². The third kappa shape index (κ3) is 9.95. The van der Waals surface area contributed by atoms with Gasteiger partial charge in [-0.1, -0.05) is 45.8 Å². The van der Waals surface area contributed by atoms with Gasteiger partial charge in [0.1, 0.15) is 0 Å². The van der Waals surface area contributed by atoms with Gasteiger partial charge in [0.2, 0.25) is 0 Å². The molecule has 0 saturated heterocycles. The van der Waals surface area contributed by atoms with Crippen LogP contribution in [0.25, 0.3) is 0 Å². The lowest BCUT2D eigenvalue weighted by Gasteiger charge is -2.13. The molecule has 90 valence electrons. The van der Waals surface area contributed by atoms with E-state index in [2.05, 4.69) is 32.7 Å². The molecule has 0 aromatic carbocycles. The van der Waals surface area contributed by atoms with E-state index in [4.69, 9.17) is 5.73 Å². The van der Waals surface area contributed by atoms with Crippen LogP contribution in [0.4, 0.5) is 0 Å². The summed E-state index contributed by atoms with van der Waals surface area (Å²) in [5.74, 6) is 1.59. The van der Waals surface area contributed by atoms with Crippen LogP contribution >= 0.6 is 0 Å². The number of hydrogen-bond acceptors (Lipinski definition) is 2. The molecule has 0 radical (unpaired) electrons. The molecular formula is C13H28N2. The van der Waals surface area contributed by atoms with Gasteiger partial charge in [0.15, 0.2) is 0 Å². The molecule has 1 unspecified atom stereocenters.